The first-order valence-electron chi connectivity index (χ1n) is 6.76. The molecule has 7 nitrogen and oxygen atoms in total. The van der Waals surface area contributed by atoms with E-state index in [4.69, 9.17) is 10.2 Å². The number of piperidine rings is 1. The molecule has 0 bridgehead atoms. The number of carboxylic acids is 2. The van der Waals surface area contributed by atoms with Crippen LogP contribution in [0.2, 0.25) is 0 Å². The number of carboxylic acid groups (broad SMARTS) is 2. The van der Waals surface area contributed by atoms with E-state index in [1.165, 1.54) is 0 Å². The minimum absolute atomic E-state index is 0.0986. The number of nitrogens with one attached hydrogen (secondary N) is 1. The Labute approximate surface area is 117 Å². The quantitative estimate of drug-likeness (QED) is 0.627. The predicted molar refractivity (Wildman–Crippen MR) is 71.2 cm³/mol. The highest BCUT2D eigenvalue weighted by atomic mass is 16.4. The molecule has 1 fully saturated rings. The van der Waals surface area contributed by atoms with Gasteiger partial charge in [-0.15, -0.1) is 0 Å². The monoisotopic (exact) mass is 286 g/mol. The molecule has 3 N–H and O–H groups in total. The number of hydrogen-bond acceptors (Lipinski definition) is 4. The molecule has 0 aromatic carbocycles. The molecular weight excluding hydrogens is 264 g/mol. The molecule has 7 heteroatoms. The third-order valence-electron chi connectivity index (χ3n) is 3.41. The lowest BCUT2D eigenvalue weighted by atomic mass is 9.85. The summed E-state index contributed by atoms with van der Waals surface area (Å²) < 4.78 is 0. The Morgan fingerprint density at radius 1 is 1.20 bits per heavy atom. The van der Waals surface area contributed by atoms with Crippen molar-refractivity contribution in [1.82, 2.24) is 10.2 Å². The van der Waals surface area contributed by atoms with Crippen LogP contribution in [0.3, 0.4) is 0 Å². The molecule has 1 amide bonds. The summed E-state index contributed by atoms with van der Waals surface area (Å²) in [6.45, 7) is 5.19. The molecule has 0 aromatic rings. The maximum absolute atomic E-state index is 11.7. The smallest absolute Gasteiger partial charge is 0.308 e. The van der Waals surface area contributed by atoms with Crippen molar-refractivity contribution in [2.24, 2.45) is 17.8 Å². The first-order chi connectivity index (χ1) is 9.31. The van der Waals surface area contributed by atoms with Crippen LogP contribution >= 0.6 is 0 Å². The van der Waals surface area contributed by atoms with Gasteiger partial charge in [-0.25, -0.2) is 0 Å². The van der Waals surface area contributed by atoms with Crippen LogP contribution in [0.1, 0.15) is 20.3 Å². The molecule has 0 radical (unpaired) electrons. The van der Waals surface area contributed by atoms with Crippen molar-refractivity contribution in [3.8, 4) is 0 Å². The fourth-order valence-electron chi connectivity index (χ4n) is 2.29. The Morgan fingerprint density at radius 3 is 2.30 bits per heavy atom. The van der Waals surface area contributed by atoms with Crippen molar-refractivity contribution < 1.29 is 24.6 Å². The summed E-state index contributed by atoms with van der Waals surface area (Å²) >= 11 is 0. The molecule has 2 unspecified atom stereocenters. The molecule has 1 aliphatic rings. The summed E-state index contributed by atoms with van der Waals surface area (Å²) in [4.78, 5) is 35.5. The number of amides is 1. The molecule has 0 spiro atoms. The molecule has 20 heavy (non-hydrogen) atoms. The van der Waals surface area contributed by atoms with Gasteiger partial charge in [0.2, 0.25) is 5.91 Å². The van der Waals surface area contributed by atoms with Gasteiger partial charge in [0.25, 0.3) is 0 Å². The normalized spacial score (nSPS) is 23.6. The van der Waals surface area contributed by atoms with E-state index in [1.54, 1.807) is 4.90 Å². The third-order valence-corrected chi connectivity index (χ3v) is 3.41. The minimum Gasteiger partial charge on any atom is -0.481 e. The highest BCUT2D eigenvalue weighted by molar-refractivity contribution is 5.81. The lowest BCUT2D eigenvalue weighted by Crippen LogP contribution is -2.49. The van der Waals surface area contributed by atoms with Crippen molar-refractivity contribution >= 4 is 17.8 Å². The van der Waals surface area contributed by atoms with E-state index in [1.807, 2.05) is 13.8 Å². The Kier molecular flexibility index (Phi) is 5.94. The third kappa shape index (κ3) is 4.80. The lowest BCUT2D eigenvalue weighted by molar-refractivity contribution is -0.157. The Morgan fingerprint density at radius 2 is 1.80 bits per heavy atom. The lowest BCUT2D eigenvalue weighted by Gasteiger charge is -2.34. The Balaban J connectivity index is 2.52. The molecule has 0 aromatic heterocycles. The molecule has 0 saturated carbocycles. The maximum atomic E-state index is 11.7. The number of carbonyl (C=O) groups excluding carboxylic acids is 1. The number of aliphatic carboxylic acids is 2. The van der Waals surface area contributed by atoms with Crippen molar-refractivity contribution in [1.29, 1.82) is 0 Å². The number of carbonyl (C=O) groups is 3. The summed E-state index contributed by atoms with van der Waals surface area (Å²) in [7, 11) is 0. The van der Waals surface area contributed by atoms with Crippen molar-refractivity contribution in [3.05, 3.63) is 0 Å². The van der Waals surface area contributed by atoms with E-state index >= 15 is 0 Å². The zero-order valence-electron chi connectivity index (χ0n) is 11.8. The average molecular weight is 286 g/mol. The topological polar surface area (TPSA) is 107 Å². The van der Waals surface area contributed by atoms with Crippen LogP contribution in [0.15, 0.2) is 0 Å². The van der Waals surface area contributed by atoms with E-state index in [2.05, 4.69) is 5.32 Å². The molecule has 2 atom stereocenters. The van der Waals surface area contributed by atoms with Crippen molar-refractivity contribution in [2.45, 2.75) is 20.3 Å². The van der Waals surface area contributed by atoms with E-state index in [9.17, 15) is 14.4 Å². The van der Waals surface area contributed by atoms with E-state index in [0.29, 0.717) is 19.0 Å². The van der Waals surface area contributed by atoms with Crippen LogP contribution in [0.5, 0.6) is 0 Å². The highest BCUT2D eigenvalue weighted by Crippen LogP contribution is 2.24. The molecule has 0 aliphatic carbocycles. The van der Waals surface area contributed by atoms with Crippen LogP contribution < -0.4 is 5.32 Å². The van der Waals surface area contributed by atoms with Crippen molar-refractivity contribution in [3.63, 3.8) is 0 Å². The Bertz CT molecular complexity index is 383. The number of nitrogens with zero attached hydrogens (tertiary/aromatic N) is 1. The summed E-state index contributed by atoms with van der Waals surface area (Å²) in [5, 5.41) is 20.9. The van der Waals surface area contributed by atoms with E-state index in [0.717, 1.165) is 0 Å². The fraction of sp³-hybridized carbons (Fsp3) is 0.769. The van der Waals surface area contributed by atoms with Crippen LogP contribution in [0.25, 0.3) is 0 Å². The number of hydrogen-bond donors (Lipinski definition) is 3. The second-order valence-corrected chi connectivity index (χ2v) is 5.61. The van der Waals surface area contributed by atoms with Gasteiger partial charge >= 0.3 is 11.9 Å². The van der Waals surface area contributed by atoms with Gasteiger partial charge in [-0.3, -0.25) is 19.3 Å². The molecule has 1 rings (SSSR count). The van der Waals surface area contributed by atoms with Gasteiger partial charge in [-0.2, -0.15) is 0 Å². The standard InChI is InChI=1S/C13H22N2O5/c1-8(2)5-14-11(16)7-15-4-3-9(12(17)18)10(6-15)13(19)20/h8-10H,3-7H2,1-2H3,(H,14,16)(H,17,18)(H,19,20). The molecule has 1 heterocycles. The first kappa shape index (κ1) is 16.4. The van der Waals surface area contributed by atoms with Crippen LogP contribution in [-0.2, 0) is 14.4 Å². The molecule has 1 aliphatic heterocycles. The number of likely N-dealkylation sites (tertiary alicyclic amines) is 1. The van der Waals surface area contributed by atoms with E-state index < -0.39 is 23.8 Å². The Hall–Kier alpha value is -1.63. The molecule has 1 saturated heterocycles. The maximum Gasteiger partial charge on any atom is 0.308 e. The van der Waals surface area contributed by atoms with Gasteiger partial charge in [-0.05, 0) is 18.9 Å². The van der Waals surface area contributed by atoms with Crippen LogP contribution in [0, 0.1) is 17.8 Å². The van der Waals surface area contributed by atoms with Crippen molar-refractivity contribution in [2.75, 3.05) is 26.2 Å². The summed E-state index contributed by atoms with van der Waals surface area (Å²) in [6.07, 6.45) is 0.254. The fourth-order valence-corrected chi connectivity index (χ4v) is 2.29. The SMILES string of the molecule is CC(C)CNC(=O)CN1CCC(C(=O)O)C(C(=O)O)C1. The van der Waals surface area contributed by atoms with Crippen LogP contribution in [-0.4, -0.2) is 59.1 Å². The van der Waals surface area contributed by atoms with Gasteiger partial charge in [0.15, 0.2) is 0 Å². The van der Waals surface area contributed by atoms with Gasteiger partial charge in [0.1, 0.15) is 0 Å². The zero-order valence-corrected chi connectivity index (χ0v) is 11.8. The predicted octanol–water partition coefficient (Wildman–Crippen LogP) is -0.134. The van der Waals surface area contributed by atoms with Gasteiger partial charge in [0, 0.05) is 13.1 Å². The highest BCUT2D eigenvalue weighted by Gasteiger charge is 2.38. The number of rotatable bonds is 6. The summed E-state index contributed by atoms with van der Waals surface area (Å²) in [6, 6.07) is 0. The zero-order chi connectivity index (χ0) is 15.3. The molecule has 114 valence electrons. The second kappa shape index (κ2) is 7.23. The van der Waals surface area contributed by atoms with Gasteiger partial charge in [0.05, 0.1) is 18.4 Å². The van der Waals surface area contributed by atoms with Crippen LogP contribution in [0.4, 0.5) is 0 Å². The minimum atomic E-state index is -1.12. The van der Waals surface area contributed by atoms with Gasteiger partial charge < -0.3 is 15.5 Å². The largest absolute Gasteiger partial charge is 0.481 e. The van der Waals surface area contributed by atoms with Gasteiger partial charge in [-0.1, -0.05) is 13.8 Å². The molecular formula is C13H22N2O5. The van der Waals surface area contributed by atoms with E-state index in [-0.39, 0.29) is 25.4 Å². The average Bonchev–Trinajstić information content (AvgIpc) is 2.35. The summed E-state index contributed by atoms with van der Waals surface area (Å²) in [5.41, 5.74) is 0. The summed E-state index contributed by atoms with van der Waals surface area (Å²) in [5.74, 6) is -3.84. The first-order valence-corrected chi connectivity index (χ1v) is 6.76. The second-order valence-electron chi connectivity index (χ2n) is 5.61.